The Morgan fingerprint density at radius 2 is 2.33 bits per heavy atom. The molecule has 0 aliphatic carbocycles. The van der Waals surface area contributed by atoms with Crippen molar-refractivity contribution in [3.63, 3.8) is 0 Å². The minimum absolute atomic E-state index is 0.139. The number of carbonyl (C=O) groups is 1. The normalized spacial score (nSPS) is 9.89. The molecule has 0 unspecified atom stereocenters. The van der Waals surface area contributed by atoms with Gasteiger partial charge in [0.1, 0.15) is 0 Å². The molecule has 4 heteroatoms. The summed E-state index contributed by atoms with van der Waals surface area (Å²) < 4.78 is 18.7. The van der Waals surface area contributed by atoms with Gasteiger partial charge >= 0.3 is 5.97 Å². The van der Waals surface area contributed by atoms with Crippen LogP contribution in [0, 0.1) is 17.7 Å². The third-order valence-electron chi connectivity index (χ3n) is 2.04. The molecule has 0 amide bonds. The molecule has 18 heavy (non-hydrogen) atoms. The Kier molecular flexibility index (Phi) is 5.46. The maximum absolute atomic E-state index is 13.5. The molecule has 1 rings (SSSR count). The minimum atomic E-state index is -1.08. The van der Waals surface area contributed by atoms with Crippen LogP contribution in [0.15, 0.2) is 24.3 Å². The molecule has 0 fully saturated rings. The first-order valence-electron chi connectivity index (χ1n) is 5.36. The van der Waals surface area contributed by atoms with Crippen molar-refractivity contribution in [3.8, 4) is 17.6 Å². The predicted octanol–water partition coefficient (Wildman–Crippen LogP) is 2.72. The van der Waals surface area contributed by atoms with Crippen LogP contribution in [0.25, 0.3) is 6.08 Å². The van der Waals surface area contributed by atoms with Gasteiger partial charge < -0.3 is 9.84 Å². The van der Waals surface area contributed by atoms with Crippen molar-refractivity contribution in [1.82, 2.24) is 0 Å². The minimum Gasteiger partial charge on any atom is -0.490 e. The highest BCUT2D eigenvalue weighted by molar-refractivity contribution is 5.85. The van der Waals surface area contributed by atoms with Gasteiger partial charge in [-0.3, -0.25) is 0 Å². The summed E-state index contributed by atoms with van der Waals surface area (Å²) in [5.74, 6) is 4.07. The van der Waals surface area contributed by atoms with Gasteiger partial charge in [-0.05, 0) is 30.7 Å². The molecule has 0 aromatic heterocycles. The first-order valence-corrected chi connectivity index (χ1v) is 5.36. The van der Waals surface area contributed by atoms with E-state index in [0.29, 0.717) is 18.6 Å². The summed E-state index contributed by atoms with van der Waals surface area (Å²) in [6.45, 7) is 2.05. The molecule has 0 radical (unpaired) electrons. The van der Waals surface area contributed by atoms with Crippen LogP contribution in [-0.4, -0.2) is 17.7 Å². The SMILES string of the molecule is CC#CCCOc1ccc(/C=C/C(=O)O)cc1F. The molecule has 0 spiro atoms. The van der Waals surface area contributed by atoms with Crippen molar-refractivity contribution in [2.24, 2.45) is 0 Å². The molecule has 0 aliphatic rings. The number of carboxylic acids is 1. The Labute approximate surface area is 105 Å². The molecule has 0 bridgehead atoms. The van der Waals surface area contributed by atoms with Crippen molar-refractivity contribution in [3.05, 3.63) is 35.7 Å². The average Bonchev–Trinajstić information content (AvgIpc) is 2.34. The van der Waals surface area contributed by atoms with Gasteiger partial charge in [0, 0.05) is 12.5 Å². The highest BCUT2D eigenvalue weighted by atomic mass is 19.1. The standard InChI is InChI=1S/C14H13FO3/c1-2-3-4-9-18-13-7-5-11(10-12(13)15)6-8-14(16)17/h5-8,10H,4,9H2,1H3,(H,16,17)/b8-6+. The molecule has 1 aromatic carbocycles. The molecule has 1 aromatic rings. The Bertz CT molecular complexity index is 510. The molecule has 0 atom stereocenters. The molecule has 94 valence electrons. The molecule has 3 nitrogen and oxygen atoms in total. The summed E-state index contributed by atoms with van der Waals surface area (Å²) in [6.07, 6.45) is 2.81. The summed E-state index contributed by atoms with van der Waals surface area (Å²) >= 11 is 0. The van der Waals surface area contributed by atoms with Gasteiger partial charge in [0.25, 0.3) is 0 Å². The topological polar surface area (TPSA) is 46.5 Å². The molecule has 0 saturated heterocycles. The number of rotatable bonds is 5. The summed E-state index contributed by atoms with van der Waals surface area (Å²) in [7, 11) is 0. The molecular formula is C14H13FO3. The third-order valence-corrected chi connectivity index (χ3v) is 2.04. The maximum atomic E-state index is 13.5. The van der Waals surface area contributed by atoms with E-state index in [-0.39, 0.29) is 5.75 Å². The Morgan fingerprint density at radius 1 is 1.56 bits per heavy atom. The van der Waals surface area contributed by atoms with Crippen LogP contribution < -0.4 is 4.74 Å². The zero-order valence-electron chi connectivity index (χ0n) is 9.94. The van der Waals surface area contributed by atoms with Crippen molar-refractivity contribution in [1.29, 1.82) is 0 Å². The third kappa shape index (κ3) is 4.71. The number of ether oxygens (including phenoxy) is 1. The van der Waals surface area contributed by atoms with Crippen LogP contribution in [0.2, 0.25) is 0 Å². The molecule has 0 aliphatic heterocycles. The number of carboxylic acid groups (broad SMARTS) is 1. The zero-order chi connectivity index (χ0) is 13.4. The summed E-state index contributed by atoms with van der Waals surface area (Å²) in [6, 6.07) is 4.28. The summed E-state index contributed by atoms with van der Waals surface area (Å²) in [4.78, 5) is 10.3. The van der Waals surface area contributed by atoms with E-state index < -0.39 is 11.8 Å². The van der Waals surface area contributed by atoms with Gasteiger partial charge in [0.15, 0.2) is 11.6 Å². The molecule has 0 saturated carbocycles. The quantitative estimate of drug-likeness (QED) is 0.495. The van der Waals surface area contributed by atoms with Crippen molar-refractivity contribution in [2.45, 2.75) is 13.3 Å². The lowest BCUT2D eigenvalue weighted by atomic mass is 10.2. The lowest BCUT2D eigenvalue weighted by Crippen LogP contribution is -1.98. The van der Waals surface area contributed by atoms with E-state index in [1.807, 2.05) is 0 Å². The number of hydrogen-bond donors (Lipinski definition) is 1. The molecule has 1 N–H and O–H groups in total. The zero-order valence-corrected chi connectivity index (χ0v) is 9.94. The van der Waals surface area contributed by atoms with Crippen LogP contribution in [0.5, 0.6) is 5.75 Å². The summed E-state index contributed by atoms with van der Waals surface area (Å²) in [5, 5.41) is 8.45. The van der Waals surface area contributed by atoms with Gasteiger partial charge in [0.05, 0.1) is 6.61 Å². The predicted molar refractivity (Wildman–Crippen MR) is 66.6 cm³/mol. The lowest BCUT2D eigenvalue weighted by Gasteiger charge is -2.05. The number of aliphatic carboxylic acids is 1. The van der Waals surface area contributed by atoms with Crippen LogP contribution in [-0.2, 0) is 4.79 Å². The first kappa shape index (κ1) is 13.8. The van der Waals surface area contributed by atoms with Gasteiger partial charge in [-0.15, -0.1) is 11.8 Å². The monoisotopic (exact) mass is 248 g/mol. The Morgan fingerprint density at radius 3 is 2.94 bits per heavy atom. The first-order chi connectivity index (χ1) is 8.63. The highest BCUT2D eigenvalue weighted by Crippen LogP contribution is 2.19. The van der Waals surface area contributed by atoms with Crippen LogP contribution >= 0.6 is 0 Å². The van der Waals surface area contributed by atoms with Gasteiger partial charge in [-0.1, -0.05) is 6.07 Å². The van der Waals surface area contributed by atoms with E-state index >= 15 is 0 Å². The molecule has 0 heterocycles. The second-order valence-electron chi connectivity index (χ2n) is 3.39. The van der Waals surface area contributed by atoms with E-state index in [0.717, 1.165) is 6.08 Å². The van der Waals surface area contributed by atoms with Crippen molar-refractivity contribution >= 4 is 12.0 Å². The summed E-state index contributed by atoms with van der Waals surface area (Å²) in [5.41, 5.74) is 0.468. The fraction of sp³-hybridized carbons (Fsp3) is 0.214. The van der Waals surface area contributed by atoms with E-state index in [9.17, 15) is 9.18 Å². The van der Waals surface area contributed by atoms with Crippen molar-refractivity contribution in [2.75, 3.05) is 6.61 Å². The Balaban J connectivity index is 2.66. The second kappa shape index (κ2) is 7.13. The number of benzene rings is 1. The second-order valence-corrected chi connectivity index (χ2v) is 3.39. The van der Waals surface area contributed by atoms with Gasteiger partial charge in [-0.2, -0.15) is 0 Å². The molecular weight excluding hydrogens is 235 g/mol. The fourth-order valence-electron chi connectivity index (χ4n) is 1.24. The number of halogens is 1. The average molecular weight is 248 g/mol. The van der Waals surface area contributed by atoms with Gasteiger partial charge in [0.2, 0.25) is 0 Å². The van der Waals surface area contributed by atoms with Crippen LogP contribution in [0.1, 0.15) is 18.9 Å². The van der Waals surface area contributed by atoms with Crippen LogP contribution in [0.3, 0.4) is 0 Å². The largest absolute Gasteiger partial charge is 0.490 e. The van der Waals surface area contributed by atoms with E-state index in [1.54, 1.807) is 13.0 Å². The number of hydrogen-bond acceptors (Lipinski definition) is 2. The van der Waals surface area contributed by atoms with E-state index in [4.69, 9.17) is 9.84 Å². The van der Waals surface area contributed by atoms with E-state index in [1.165, 1.54) is 18.2 Å². The smallest absolute Gasteiger partial charge is 0.328 e. The lowest BCUT2D eigenvalue weighted by molar-refractivity contribution is -0.131. The van der Waals surface area contributed by atoms with Crippen molar-refractivity contribution < 1.29 is 19.0 Å². The fourth-order valence-corrected chi connectivity index (χ4v) is 1.24. The maximum Gasteiger partial charge on any atom is 0.328 e. The van der Waals surface area contributed by atoms with Gasteiger partial charge in [-0.25, -0.2) is 9.18 Å². The van der Waals surface area contributed by atoms with Crippen LogP contribution in [0.4, 0.5) is 4.39 Å². The Hall–Kier alpha value is -2.28. The highest BCUT2D eigenvalue weighted by Gasteiger charge is 2.03. The van der Waals surface area contributed by atoms with E-state index in [2.05, 4.69) is 11.8 Å².